The van der Waals surface area contributed by atoms with E-state index in [2.05, 4.69) is 29.0 Å². The number of hydrogen-bond acceptors (Lipinski definition) is 4. The fourth-order valence-electron chi connectivity index (χ4n) is 3.17. The molecule has 0 radical (unpaired) electrons. The maximum Gasteiger partial charge on any atom is 0.253 e. The van der Waals surface area contributed by atoms with Gasteiger partial charge in [-0.25, -0.2) is 4.98 Å². The quantitative estimate of drug-likeness (QED) is 0.811. The number of carbonyl (C=O) groups excluding carboxylic acids is 1. The van der Waals surface area contributed by atoms with E-state index in [0.29, 0.717) is 11.5 Å². The lowest BCUT2D eigenvalue weighted by Gasteiger charge is -2.28. The number of aliphatic hydroxyl groups excluding tert-OH is 1. The molecule has 1 aliphatic carbocycles. The number of nitrogens with one attached hydrogen (secondary N) is 1. The van der Waals surface area contributed by atoms with Crippen LogP contribution in [0.3, 0.4) is 0 Å². The second kappa shape index (κ2) is 8.87. The molecule has 0 atom stereocenters. The lowest BCUT2D eigenvalue weighted by Crippen LogP contribution is -2.38. The third-order valence-corrected chi connectivity index (χ3v) is 4.65. The minimum absolute atomic E-state index is 0.0463. The van der Waals surface area contributed by atoms with Crippen molar-refractivity contribution >= 4 is 11.7 Å². The number of hydrogen-bond donors (Lipinski definition) is 2. The van der Waals surface area contributed by atoms with Crippen LogP contribution in [0.25, 0.3) is 0 Å². The highest BCUT2D eigenvalue weighted by Gasteiger charge is 2.22. The molecular formula is C18H29N3O2. The summed E-state index contributed by atoms with van der Waals surface area (Å²) < 4.78 is 0. The molecule has 128 valence electrons. The molecule has 5 nitrogen and oxygen atoms in total. The molecule has 0 unspecified atom stereocenters. The molecule has 1 aromatic rings. The van der Waals surface area contributed by atoms with Gasteiger partial charge in [0.1, 0.15) is 5.82 Å². The van der Waals surface area contributed by atoms with Crippen LogP contribution in [-0.2, 0) is 0 Å². The van der Waals surface area contributed by atoms with Gasteiger partial charge in [-0.3, -0.25) is 4.79 Å². The molecule has 0 aliphatic heterocycles. The van der Waals surface area contributed by atoms with E-state index < -0.39 is 0 Å². The summed E-state index contributed by atoms with van der Waals surface area (Å²) in [5.41, 5.74) is 0.616. The Balaban J connectivity index is 1.90. The van der Waals surface area contributed by atoms with Gasteiger partial charge in [-0.2, -0.15) is 0 Å². The summed E-state index contributed by atoms with van der Waals surface area (Å²) in [7, 11) is 0. The normalized spacial score (nSPS) is 21.0. The van der Waals surface area contributed by atoms with Crippen LogP contribution < -0.4 is 10.2 Å². The van der Waals surface area contributed by atoms with E-state index in [9.17, 15) is 4.79 Å². The van der Waals surface area contributed by atoms with E-state index in [4.69, 9.17) is 5.11 Å². The Morgan fingerprint density at radius 1 is 1.30 bits per heavy atom. The Hall–Kier alpha value is -1.62. The Labute approximate surface area is 139 Å². The summed E-state index contributed by atoms with van der Waals surface area (Å²) in [5, 5.41) is 12.3. The van der Waals surface area contributed by atoms with Gasteiger partial charge in [-0.15, -0.1) is 0 Å². The summed E-state index contributed by atoms with van der Waals surface area (Å²) in [4.78, 5) is 19.0. The van der Waals surface area contributed by atoms with Crippen LogP contribution >= 0.6 is 0 Å². The van der Waals surface area contributed by atoms with Gasteiger partial charge in [0.25, 0.3) is 5.91 Å². The van der Waals surface area contributed by atoms with Gasteiger partial charge in [0, 0.05) is 31.9 Å². The molecule has 0 spiro atoms. The van der Waals surface area contributed by atoms with Crippen LogP contribution in [0.4, 0.5) is 5.82 Å². The summed E-state index contributed by atoms with van der Waals surface area (Å²) in [5.74, 6) is 1.28. The Morgan fingerprint density at radius 3 is 2.57 bits per heavy atom. The zero-order valence-electron chi connectivity index (χ0n) is 14.3. The Bertz CT molecular complexity index is 482. The van der Waals surface area contributed by atoms with E-state index in [1.165, 1.54) is 0 Å². The summed E-state index contributed by atoms with van der Waals surface area (Å²) in [6.45, 7) is 6.41. The largest absolute Gasteiger partial charge is 0.396 e. The predicted octanol–water partition coefficient (Wildman–Crippen LogP) is 2.60. The number of carbonyl (C=O) groups is 1. The smallest absolute Gasteiger partial charge is 0.253 e. The monoisotopic (exact) mass is 319 g/mol. The van der Waals surface area contributed by atoms with E-state index in [-0.39, 0.29) is 18.6 Å². The first-order valence-electron chi connectivity index (χ1n) is 8.80. The first-order valence-corrected chi connectivity index (χ1v) is 8.80. The van der Waals surface area contributed by atoms with Gasteiger partial charge in [0.15, 0.2) is 0 Å². The Kier molecular flexibility index (Phi) is 6.84. The highest BCUT2D eigenvalue weighted by molar-refractivity contribution is 5.94. The van der Waals surface area contributed by atoms with Crippen molar-refractivity contribution in [2.75, 3.05) is 24.6 Å². The third-order valence-electron chi connectivity index (χ3n) is 4.65. The molecular weight excluding hydrogens is 290 g/mol. The number of aromatic nitrogens is 1. The van der Waals surface area contributed by atoms with E-state index in [1.54, 1.807) is 6.20 Å². The SMILES string of the molecule is CCCN(CC)c1ccc(C(=O)NC2CCC(CO)CC2)cn1. The fraction of sp³-hybridized carbons (Fsp3) is 0.667. The van der Waals surface area contributed by atoms with Crippen molar-refractivity contribution in [2.45, 2.75) is 52.0 Å². The summed E-state index contributed by atoms with van der Waals surface area (Å²) in [6, 6.07) is 4.00. The number of aliphatic hydroxyl groups is 1. The molecule has 2 rings (SSSR count). The van der Waals surface area contributed by atoms with Crippen LogP contribution in [0.15, 0.2) is 18.3 Å². The first kappa shape index (κ1) is 17.7. The van der Waals surface area contributed by atoms with Crippen LogP contribution in [0, 0.1) is 5.92 Å². The van der Waals surface area contributed by atoms with Crippen molar-refractivity contribution in [3.8, 4) is 0 Å². The van der Waals surface area contributed by atoms with E-state index in [0.717, 1.165) is 51.0 Å². The maximum atomic E-state index is 12.3. The highest BCUT2D eigenvalue weighted by Crippen LogP contribution is 2.24. The summed E-state index contributed by atoms with van der Waals surface area (Å²) in [6.07, 6.45) is 6.62. The zero-order chi connectivity index (χ0) is 16.7. The van der Waals surface area contributed by atoms with Crippen molar-refractivity contribution < 1.29 is 9.90 Å². The first-order chi connectivity index (χ1) is 11.2. The van der Waals surface area contributed by atoms with E-state index >= 15 is 0 Å². The van der Waals surface area contributed by atoms with Gasteiger partial charge in [-0.1, -0.05) is 6.92 Å². The zero-order valence-corrected chi connectivity index (χ0v) is 14.3. The van der Waals surface area contributed by atoms with Crippen molar-refractivity contribution in [3.05, 3.63) is 23.9 Å². The lowest BCUT2D eigenvalue weighted by molar-refractivity contribution is 0.0913. The standard InChI is InChI=1S/C18H29N3O2/c1-3-11-21(4-2)17-10-7-15(12-19-17)18(23)20-16-8-5-14(13-22)6-9-16/h7,10,12,14,16,22H,3-6,8-9,11,13H2,1-2H3,(H,20,23). The molecule has 1 aliphatic rings. The molecule has 1 aromatic heterocycles. The molecule has 1 amide bonds. The van der Waals surface area contributed by atoms with E-state index in [1.807, 2.05) is 12.1 Å². The van der Waals surface area contributed by atoms with Gasteiger partial charge in [0.05, 0.1) is 5.56 Å². The van der Waals surface area contributed by atoms with Crippen LogP contribution in [0.1, 0.15) is 56.3 Å². The molecule has 0 bridgehead atoms. The summed E-state index contributed by atoms with van der Waals surface area (Å²) >= 11 is 0. The van der Waals surface area contributed by atoms with Crippen molar-refractivity contribution in [1.29, 1.82) is 0 Å². The minimum Gasteiger partial charge on any atom is -0.396 e. The average Bonchev–Trinajstić information content (AvgIpc) is 2.60. The number of anilines is 1. The molecule has 2 N–H and O–H groups in total. The average molecular weight is 319 g/mol. The van der Waals surface area contributed by atoms with Crippen molar-refractivity contribution in [3.63, 3.8) is 0 Å². The van der Waals surface area contributed by atoms with Crippen LogP contribution in [0.2, 0.25) is 0 Å². The predicted molar refractivity (Wildman–Crippen MR) is 92.7 cm³/mol. The molecule has 0 saturated heterocycles. The van der Waals surface area contributed by atoms with Gasteiger partial charge in [-0.05, 0) is 57.1 Å². The maximum absolute atomic E-state index is 12.3. The van der Waals surface area contributed by atoms with Crippen molar-refractivity contribution in [1.82, 2.24) is 10.3 Å². The third kappa shape index (κ3) is 4.93. The molecule has 0 aromatic carbocycles. The number of rotatable bonds is 7. The topological polar surface area (TPSA) is 65.5 Å². The highest BCUT2D eigenvalue weighted by atomic mass is 16.3. The van der Waals surface area contributed by atoms with Gasteiger partial charge < -0.3 is 15.3 Å². The fourth-order valence-corrected chi connectivity index (χ4v) is 3.17. The molecule has 23 heavy (non-hydrogen) atoms. The minimum atomic E-state index is -0.0463. The second-order valence-corrected chi connectivity index (χ2v) is 6.36. The van der Waals surface area contributed by atoms with Crippen LogP contribution in [-0.4, -0.2) is 41.7 Å². The molecule has 5 heteroatoms. The second-order valence-electron chi connectivity index (χ2n) is 6.36. The number of pyridine rings is 1. The van der Waals surface area contributed by atoms with Gasteiger partial charge >= 0.3 is 0 Å². The molecule has 1 saturated carbocycles. The number of amides is 1. The van der Waals surface area contributed by atoms with Gasteiger partial charge in [0.2, 0.25) is 0 Å². The number of nitrogens with zero attached hydrogens (tertiary/aromatic N) is 2. The lowest BCUT2D eigenvalue weighted by atomic mass is 9.86. The van der Waals surface area contributed by atoms with Crippen LogP contribution in [0.5, 0.6) is 0 Å². The molecule has 1 heterocycles. The Morgan fingerprint density at radius 2 is 2.04 bits per heavy atom. The van der Waals surface area contributed by atoms with Crippen molar-refractivity contribution in [2.24, 2.45) is 5.92 Å². The molecule has 1 fully saturated rings.